The van der Waals surface area contributed by atoms with E-state index in [1.165, 1.54) is 15.4 Å². The molecule has 7 heteroatoms. The van der Waals surface area contributed by atoms with Crippen molar-refractivity contribution in [2.45, 2.75) is 42.0 Å². The highest BCUT2D eigenvalue weighted by Crippen LogP contribution is 2.53. The summed E-state index contributed by atoms with van der Waals surface area (Å²) in [5.74, 6) is 0. The number of rotatable bonds is 5. The van der Waals surface area contributed by atoms with Gasteiger partial charge >= 0.3 is 0 Å². The predicted octanol–water partition coefficient (Wildman–Crippen LogP) is 5.59. The van der Waals surface area contributed by atoms with Gasteiger partial charge < -0.3 is 5.32 Å². The van der Waals surface area contributed by atoms with Gasteiger partial charge in [-0.3, -0.25) is 0 Å². The van der Waals surface area contributed by atoms with Crippen molar-refractivity contribution in [2.24, 2.45) is 0 Å². The van der Waals surface area contributed by atoms with Gasteiger partial charge in [-0.15, -0.1) is 0 Å². The molecule has 0 spiro atoms. The van der Waals surface area contributed by atoms with Crippen LogP contribution in [-0.4, -0.2) is 32.4 Å². The molecule has 0 bridgehead atoms. The van der Waals surface area contributed by atoms with E-state index in [-0.39, 0.29) is 16.4 Å². The number of nitrogens with one attached hydrogen (secondary N) is 1. The second-order valence-electron chi connectivity index (χ2n) is 7.88. The van der Waals surface area contributed by atoms with Crippen LogP contribution in [0.1, 0.15) is 31.2 Å². The van der Waals surface area contributed by atoms with E-state index in [0.29, 0.717) is 18.0 Å². The molecule has 2 aliphatic rings. The molecule has 154 valence electrons. The van der Waals surface area contributed by atoms with Crippen LogP contribution < -0.4 is 5.32 Å². The van der Waals surface area contributed by atoms with Gasteiger partial charge in [-0.1, -0.05) is 39.7 Å². The fourth-order valence-corrected chi connectivity index (χ4v) is 6.39. The number of fused-ring (bicyclic) bond motifs is 3. The Morgan fingerprint density at radius 3 is 2.72 bits per heavy atom. The minimum absolute atomic E-state index is 0.249. The summed E-state index contributed by atoms with van der Waals surface area (Å²) in [5.41, 5.74) is 3.29. The molecule has 2 atom stereocenters. The molecule has 2 aromatic rings. The maximum Gasteiger partial charge on any atom is 0.242 e. The van der Waals surface area contributed by atoms with E-state index in [1.807, 2.05) is 6.07 Å². The van der Waals surface area contributed by atoms with Gasteiger partial charge in [0.05, 0.1) is 4.90 Å². The molecule has 1 aliphatic heterocycles. The van der Waals surface area contributed by atoms with Crippen molar-refractivity contribution in [2.75, 3.05) is 18.9 Å². The van der Waals surface area contributed by atoms with Crippen LogP contribution in [-0.2, 0) is 15.4 Å². The molecule has 4 nitrogen and oxygen atoms in total. The van der Waals surface area contributed by atoms with Gasteiger partial charge in [0.25, 0.3) is 0 Å². The number of sulfonamides is 1. The molecule has 0 saturated heterocycles. The Morgan fingerprint density at radius 2 is 2.00 bits per heavy atom. The van der Waals surface area contributed by atoms with Crippen LogP contribution in [0.2, 0.25) is 5.02 Å². The predicted molar refractivity (Wildman–Crippen MR) is 122 cm³/mol. The summed E-state index contributed by atoms with van der Waals surface area (Å²) in [6.45, 7) is 4.84. The lowest BCUT2D eigenvalue weighted by atomic mass is 9.63. The smallest absolute Gasteiger partial charge is 0.242 e. The number of anilines is 1. The highest BCUT2D eigenvalue weighted by Gasteiger charge is 2.50. The van der Waals surface area contributed by atoms with Crippen LogP contribution in [0.15, 0.2) is 64.0 Å². The van der Waals surface area contributed by atoms with Gasteiger partial charge in [0, 0.05) is 40.2 Å². The van der Waals surface area contributed by atoms with Gasteiger partial charge in [-0.25, -0.2) is 12.7 Å². The molecule has 0 amide bonds. The topological polar surface area (TPSA) is 49.4 Å². The molecular weight excluding hydrogens is 472 g/mol. The molecule has 4 rings (SSSR count). The molecule has 0 radical (unpaired) electrons. The molecule has 2 aromatic carbocycles. The standard InChI is InChI=1S/C22H24BrClN2O2S/c1-15-4-3-5-21-22(15,19-14-16(23)6-11-20(19)25-21)12-13-26(2)29(27,28)18-9-7-17(24)8-10-18/h6-11,14,21,25H,1,3-5,12-13H2,2H3. The van der Waals surface area contributed by atoms with Crippen LogP contribution in [0, 0.1) is 0 Å². The highest BCUT2D eigenvalue weighted by atomic mass is 79.9. The van der Waals surface area contributed by atoms with E-state index in [1.54, 1.807) is 31.3 Å². The van der Waals surface area contributed by atoms with Gasteiger partial charge in [0.15, 0.2) is 0 Å². The van der Waals surface area contributed by atoms with E-state index in [9.17, 15) is 8.42 Å². The first-order valence-electron chi connectivity index (χ1n) is 9.72. The minimum Gasteiger partial charge on any atom is -0.381 e. The lowest BCUT2D eigenvalue weighted by Gasteiger charge is -2.42. The van der Waals surface area contributed by atoms with Crippen LogP contribution in [0.4, 0.5) is 5.69 Å². The van der Waals surface area contributed by atoms with Crippen molar-refractivity contribution >= 4 is 43.2 Å². The van der Waals surface area contributed by atoms with Crippen LogP contribution in [0.5, 0.6) is 0 Å². The second-order valence-corrected chi connectivity index (χ2v) is 11.3. The van der Waals surface area contributed by atoms with Crippen molar-refractivity contribution in [1.82, 2.24) is 4.31 Å². The summed E-state index contributed by atoms with van der Waals surface area (Å²) in [7, 11) is -1.93. The molecule has 29 heavy (non-hydrogen) atoms. The largest absolute Gasteiger partial charge is 0.381 e. The van der Waals surface area contributed by atoms with Gasteiger partial charge in [0.1, 0.15) is 0 Å². The number of halogens is 2. The fraction of sp³-hybridized carbons (Fsp3) is 0.364. The summed E-state index contributed by atoms with van der Waals surface area (Å²) in [4.78, 5) is 0.258. The normalized spacial score (nSPS) is 23.6. The lowest BCUT2D eigenvalue weighted by molar-refractivity contribution is 0.316. The highest BCUT2D eigenvalue weighted by molar-refractivity contribution is 9.10. The van der Waals surface area contributed by atoms with Gasteiger partial charge in [-0.2, -0.15) is 0 Å². The van der Waals surface area contributed by atoms with Crippen molar-refractivity contribution in [3.8, 4) is 0 Å². The molecule has 1 saturated carbocycles. The zero-order valence-electron chi connectivity index (χ0n) is 16.3. The monoisotopic (exact) mass is 494 g/mol. The zero-order chi connectivity index (χ0) is 20.8. The molecule has 1 fully saturated rings. The van der Waals surface area contributed by atoms with Crippen LogP contribution >= 0.6 is 27.5 Å². The quantitative estimate of drug-likeness (QED) is 0.551. The summed E-state index contributed by atoms with van der Waals surface area (Å²) < 4.78 is 28.5. The molecular formula is C22H24BrClN2O2S. The van der Waals surface area contributed by atoms with E-state index in [0.717, 1.165) is 29.4 Å². The van der Waals surface area contributed by atoms with E-state index >= 15 is 0 Å². The maximum atomic E-state index is 13.0. The first-order chi connectivity index (χ1) is 13.7. The van der Waals surface area contributed by atoms with Gasteiger partial charge in [-0.05, 0) is 73.7 Å². The van der Waals surface area contributed by atoms with Crippen molar-refractivity contribution in [1.29, 1.82) is 0 Å². The number of nitrogens with zero attached hydrogens (tertiary/aromatic N) is 1. The third-order valence-corrected chi connectivity index (χ3v) is 8.95. The molecule has 1 heterocycles. The Balaban J connectivity index is 1.64. The van der Waals surface area contributed by atoms with E-state index in [2.05, 4.69) is 40.0 Å². The third-order valence-electron chi connectivity index (χ3n) is 6.33. The second kappa shape index (κ2) is 7.73. The zero-order valence-corrected chi connectivity index (χ0v) is 19.4. The van der Waals surface area contributed by atoms with Crippen molar-refractivity contribution in [3.63, 3.8) is 0 Å². The minimum atomic E-state index is -3.58. The van der Waals surface area contributed by atoms with Gasteiger partial charge in [0.2, 0.25) is 10.0 Å². The Bertz CT molecular complexity index is 1050. The van der Waals surface area contributed by atoms with Crippen LogP contribution in [0.25, 0.3) is 0 Å². The Hall–Kier alpha value is -1.34. The number of hydrogen-bond acceptors (Lipinski definition) is 3. The van der Waals surface area contributed by atoms with Crippen molar-refractivity contribution in [3.05, 3.63) is 69.7 Å². The Kier molecular flexibility index (Phi) is 5.57. The lowest BCUT2D eigenvalue weighted by Crippen LogP contribution is -2.45. The summed E-state index contributed by atoms with van der Waals surface area (Å²) in [6, 6.07) is 12.9. The fourth-order valence-electron chi connectivity index (χ4n) is 4.73. The summed E-state index contributed by atoms with van der Waals surface area (Å²) in [6.07, 6.45) is 3.82. The van der Waals surface area contributed by atoms with Crippen molar-refractivity contribution < 1.29 is 8.42 Å². The Labute approximate surface area is 186 Å². The molecule has 1 aliphatic carbocycles. The summed E-state index contributed by atoms with van der Waals surface area (Å²) in [5, 5.41) is 4.19. The summed E-state index contributed by atoms with van der Waals surface area (Å²) >= 11 is 9.51. The molecule has 0 aromatic heterocycles. The van der Waals surface area contributed by atoms with Crippen LogP contribution in [0.3, 0.4) is 0 Å². The third kappa shape index (κ3) is 3.54. The van der Waals surface area contributed by atoms with E-state index < -0.39 is 10.0 Å². The SMILES string of the molecule is C=C1CCCC2Nc3ccc(Br)cc3C12CCN(C)S(=O)(=O)c1ccc(Cl)cc1. The molecule has 1 N–H and O–H groups in total. The average Bonchev–Trinajstić information content (AvgIpc) is 3.01. The average molecular weight is 496 g/mol. The van der Waals surface area contributed by atoms with E-state index in [4.69, 9.17) is 11.6 Å². The number of hydrogen-bond donors (Lipinski definition) is 1. The number of benzene rings is 2. The molecule has 2 unspecified atom stereocenters. The Morgan fingerprint density at radius 1 is 1.28 bits per heavy atom. The maximum absolute atomic E-state index is 13.0. The first kappa shape index (κ1) is 20.9. The first-order valence-corrected chi connectivity index (χ1v) is 12.3.